The summed E-state index contributed by atoms with van der Waals surface area (Å²) in [5, 5.41) is 24.9. The number of amides is 1. The molecule has 5 N–H and O–H groups in total. The molecule has 32 heavy (non-hydrogen) atoms. The van der Waals surface area contributed by atoms with Crippen LogP contribution in [0.1, 0.15) is 38.8 Å². The number of nitrogens with two attached hydrogens (primary N) is 1. The second-order valence-electron chi connectivity index (χ2n) is 6.65. The highest BCUT2D eigenvalue weighted by Crippen LogP contribution is 2.40. The molecule has 1 heterocycles. The van der Waals surface area contributed by atoms with E-state index in [4.69, 9.17) is 10.8 Å². The molecule has 11 heteroatoms. The van der Waals surface area contributed by atoms with E-state index in [1.807, 2.05) is 0 Å². The van der Waals surface area contributed by atoms with Crippen molar-refractivity contribution in [3.05, 3.63) is 70.1 Å². The maximum atomic E-state index is 12.7. The highest BCUT2D eigenvalue weighted by Gasteiger charge is 2.30. The Balaban J connectivity index is 1.79. The fraction of sp³-hybridized carbons (Fsp3) is 0.0952. The van der Waals surface area contributed by atoms with Gasteiger partial charge in [0, 0.05) is 11.1 Å². The summed E-state index contributed by atoms with van der Waals surface area (Å²) in [4.78, 5) is 23.6. The van der Waals surface area contributed by atoms with Crippen LogP contribution >= 0.6 is 11.3 Å². The number of carbonyl (C=O) groups excluding carboxylic acids is 1. The number of hydrogen-bond acceptors (Lipinski definition) is 6. The van der Waals surface area contributed by atoms with Gasteiger partial charge >= 0.3 is 12.1 Å². The number of nitrogen functional groups attached to an aromatic ring is 1. The lowest BCUT2D eigenvalue weighted by Gasteiger charge is -2.07. The summed E-state index contributed by atoms with van der Waals surface area (Å²) >= 11 is 1.11. The van der Waals surface area contributed by atoms with Gasteiger partial charge in [-0.1, -0.05) is 12.1 Å². The summed E-state index contributed by atoms with van der Waals surface area (Å²) in [5.41, 5.74) is 8.04. The zero-order valence-electron chi connectivity index (χ0n) is 16.4. The maximum Gasteiger partial charge on any atom is 0.416 e. The van der Waals surface area contributed by atoms with Crippen LogP contribution in [0.4, 0.5) is 18.9 Å². The van der Waals surface area contributed by atoms with Crippen LogP contribution in [0.3, 0.4) is 0 Å². The van der Waals surface area contributed by atoms with E-state index in [0.29, 0.717) is 16.0 Å². The predicted octanol–water partition coefficient (Wildman–Crippen LogP) is 4.57. The Morgan fingerprint density at radius 1 is 1.09 bits per heavy atom. The van der Waals surface area contributed by atoms with Crippen molar-refractivity contribution in [1.29, 1.82) is 0 Å². The van der Waals surface area contributed by atoms with Gasteiger partial charge in [0.2, 0.25) is 0 Å². The molecule has 3 aromatic rings. The van der Waals surface area contributed by atoms with Gasteiger partial charge < -0.3 is 15.9 Å². The van der Waals surface area contributed by atoms with Gasteiger partial charge in [-0.25, -0.2) is 10.2 Å². The lowest BCUT2D eigenvalue weighted by Crippen LogP contribution is -2.20. The van der Waals surface area contributed by atoms with Gasteiger partial charge in [-0.05, 0) is 42.8 Å². The molecule has 1 aromatic heterocycles. The number of thiophene rings is 1. The summed E-state index contributed by atoms with van der Waals surface area (Å²) in [7, 11) is 0. The monoisotopic (exact) mass is 463 g/mol. The molecule has 3 rings (SSSR count). The van der Waals surface area contributed by atoms with Crippen molar-refractivity contribution in [2.75, 3.05) is 5.73 Å². The number of hydrogen-bond donors (Lipinski definition) is 4. The molecular weight excluding hydrogens is 447 g/mol. The number of carboxylic acids is 1. The Hall–Kier alpha value is -3.86. The van der Waals surface area contributed by atoms with Crippen molar-refractivity contribution in [2.45, 2.75) is 13.1 Å². The van der Waals surface area contributed by atoms with E-state index in [1.165, 1.54) is 31.2 Å². The lowest BCUT2D eigenvalue weighted by molar-refractivity contribution is -0.137. The normalized spacial score (nSPS) is 11.9. The molecule has 0 aliphatic rings. The third-order valence-corrected chi connectivity index (χ3v) is 5.52. The maximum absolute atomic E-state index is 12.7. The number of aromatic carboxylic acids is 1. The highest BCUT2D eigenvalue weighted by atomic mass is 32.1. The number of benzene rings is 2. The summed E-state index contributed by atoms with van der Waals surface area (Å²) in [6.07, 6.45) is -4.46. The average molecular weight is 463 g/mol. The Bertz CT molecular complexity index is 1220. The SMILES string of the molecule is C/C(=N\NC(=O)c1ccc(C(=O)O)cc1N)c1csc(-c2ccc(C(F)(F)F)cc2)c1O. The van der Waals surface area contributed by atoms with Gasteiger partial charge in [-0.15, -0.1) is 11.3 Å². The van der Waals surface area contributed by atoms with E-state index in [0.717, 1.165) is 29.5 Å². The molecule has 0 radical (unpaired) electrons. The minimum Gasteiger partial charge on any atom is -0.506 e. The quantitative estimate of drug-likeness (QED) is 0.251. The van der Waals surface area contributed by atoms with Gasteiger partial charge in [-0.3, -0.25) is 4.79 Å². The molecule has 1 amide bonds. The zero-order chi connectivity index (χ0) is 23.6. The first-order valence-electron chi connectivity index (χ1n) is 8.95. The van der Waals surface area contributed by atoms with Crippen molar-refractivity contribution in [3.8, 4) is 16.2 Å². The van der Waals surface area contributed by atoms with E-state index in [-0.39, 0.29) is 28.3 Å². The topological polar surface area (TPSA) is 125 Å². The third-order valence-electron chi connectivity index (χ3n) is 4.50. The Kier molecular flexibility index (Phi) is 6.21. The van der Waals surface area contributed by atoms with Crippen LogP contribution in [-0.4, -0.2) is 27.8 Å². The zero-order valence-corrected chi connectivity index (χ0v) is 17.2. The second-order valence-corrected chi connectivity index (χ2v) is 7.53. The summed E-state index contributed by atoms with van der Waals surface area (Å²) in [6, 6.07) is 8.00. The Morgan fingerprint density at radius 3 is 2.31 bits per heavy atom. The first-order valence-corrected chi connectivity index (χ1v) is 9.83. The fourth-order valence-corrected chi connectivity index (χ4v) is 3.79. The van der Waals surface area contributed by atoms with Crippen molar-refractivity contribution in [3.63, 3.8) is 0 Å². The number of nitrogens with zero attached hydrogens (tertiary/aromatic N) is 1. The number of rotatable bonds is 5. The molecular formula is C21H16F3N3O4S. The van der Waals surface area contributed by atoms with Gasteiger partial charge in [0.1, 0.15) is 5.75 Å². The molecule has 2 aromatic carbocycles. The van der Waals surface area contributed by atoms with Crippen LogP contribution in [0.5, 0.6) is 5.75 Å². The van der Waals surface area contributed by atoms with Gasteiger partial charge in [0.15, 0.2) is 0 Å². The van der Waals surface area contributed by atoms with Crippen molar-refractivity contribution in [2.24, 2.45) is 5.10 Å². The second kappa shape index (κ2) is 8.71. The van der Waals surface area contributed by atoms with E-state index in [1.54, 1.807) is 5.38 Å². The van der Waals surface area contributed by atoms with E-state index < -0.39 is 23.6 Å². The van der Waals surface area contributed by atoms with E-state index in [9.17, 15) is 27.9 Å². The predicted molar refractivity (Wildman–Crippen MR) is 114 cm³/mol. The molecule has 0 aliphatic heterocycles. The molecule has 166 valence electrons. The highest BCUT2D eigenvalue weighted by molar-refractivity contribution is 7.14. The molecule has 7 nitrogen and oxygen atoms in total. The van der Waals surface area contributed by atoms with Crippen molar-refractivity contribution >= 4 is 34.6 Å². The number of halogens is 3. The molecule has 0 saturated heterocycles. The van der Waals surface area contributed by atoms with Crippen LogP contribution in [0.25, 0.3) is 10.4 Å². The van der Waals surface area contributed by atoms with E-state index >= 15 is 0 Å². The minimum atomic E-state index is -4.46. The number of carboxylic acid groups (broad SMARTS) is 1. The molecule has 0 bridgehead atoms. The Morgan fingerprint density at radius 2 is 1.75 bits per heavy atom. The number of alkyl halides is 3. The number of anilines is 1. The average Bonchev–Trinajstić information content (AvgIpc) is 3.12. The molecule has 0 atom stereocenters. The number of nitrogens with one attached hydrogen (secondary N) is 1. The van der Waals surface area contributed by atoms with Crippen LogP contribution in [-0.2, 0) is 6.18 Å². The first kappa shape index (κ1) is 22.8. The smallest absolute Gasteiger partial charge is 0.416 e. The van der Waals surface area contributed by atoms with Crippen LogP contribution < -0.4 is 11.2 Å². The molecule has 0 saturated carbocycles. The summed E-state index contributed by atoms with van der Waals surface area (Å²) in [5.74, 6) is -2.05. The van der Waals surface area contributed by atoms with Crippen LogP contribution in [0, 0.1) is 0 Å². The minimum absolute atomic E-state index is 0.0199. The molecule has 0 aliphatic carbocycles. The van der Waals surface area contributed by atoms with E-state index in [2.05, 4.69) is 10.5 Å². The molecule has 0 unspecified atom stereocenters. The number of hydrazone groups is 1. The Labute approximate surface area is 183 Å². The number of carbonyl (C=O) groups is 2. The molecule has 0 fully saturated rings. The fourth-order valence-electron chi connectivity index (χ4n) is 2.78. The van der Waals surface area contributed by atoms with Crippen molar-refractivity contribution < 1.29 is 33.0 Å². The lowest BCUT2D eigenvalue weighted by atomic mass is 10.1. The summed E-state index contributed by atoms with van der Waals surface area (Å²) < 4.78 is 38.2. The van der Waals surface area contributed by atoms with Gasteiger partial charge in [0.25, 0.3) is 5.91 Å². The standard InChI is InChI=1S/C21H16F3N3O4S/c1-10(26-27-19(29)14-7-4-12(20(30)31)8-16(14)25)15-9-32-18(17(15)28)11-2-5-13(6-3-11)21(22,23)24/h2-9,28H,25H2,1H3,(H,27,29)(H,30,31)/b26-10+. The van der Waals surface area contributed by atoms with Crippen molar-refractivity contribution in [1.82, 2.24) is 5.43 Å². The first-order chi connectivity index (χ1) is 15.0. The molecule has 0 spiro atoms. The largest absolute Gasteiger partial charge is 0.506 e. The van der Waals surface area contributed by atoms with Crippen LogP contribution in [0.15, 0.2) is 52.9 Å². The number of aromatic hydroxyl groups is 1. The van der Waals surface area contributed by atoms with Gasteiger partial charge in [0.05, 0.1) is 32.8 Å². The third kappa shape index (κ3) is 4.72. The van der Waals surface area contributed by atoms with Crippen LogP contribution in [0.2, 0.25) is 0 Å². The summed E-state index contributed by atoms with van der Waals surface area (Å²) in [6.45, 7) is 1.52. The van der Waals surface area contributed by atoms with Gasteiger partial charge in [-0.2, -0.15) is 18.3 Å².